The van der Waals surface area contributed by atoms with Gasteiger partial charge in [-0.05, 0) is 6.42 Å². The number of hydrogen-bond acceptors (Lipinski definition) is 4. The lowest BCUT2D eigenvalue weighted by Crippen LogP contribution is -2.12. The molecule has 0 rings (SSSR count). The normalized spacial score (nSPS) is 9.60. The average Bonchev–Trinajstić information content (AvgIpc) is 2.40. The van der Waals surface area contributed by atoms with Crippen molar-refractivity contribution in [1.82, 2.24) is 0 Å². The maximum absolute atomic E-state index is 10.8. The first-order chi connectivity index (χ1) is 9.16. The van der Waals surface area contributed by atoms with Crippen molar-refractivity contribution in [3.05, 3.63) is 0 Å². The summed E-state index contributed by atoms with van der Waals surface area (Å²) in [7, 11) is 0. The predicted octanol–water partition coefficient (Wildman–Crippen LogP) is 1.07. The highest BCUT2D eigenvalue weighted by molar-refractivity contribution is 4.39. The molecule has 0 aliphatic rings. The molecule has 0 aromatic carbocycles. The van der Waals surface area contributed by atoms with Crippen LogP contribution < -0.4 is 0 Å². The van der Waals surface area contributed by atoms with Crippen molar-refractivity contribution in [2.75, 3.05) is 39.8 Å². The van der Waals surface area contributed by atoms with Crippen molar-refractivity contribution >= 4 is 0 Å². The van der Waals surface area contributed by atoms with Gasteiger partial charge in [-0.25, -0.2) is 13.2 Å². The Kier molecular flexibility index (Phi) is 32.4. The molecule has 0 atom stereocenters. The molecule has 0 aliphatic carbocycles. The minimum absolute atomic E-state index is 0.0312. The van der Waals surface area contributed by atoms with Gasteiger partial charge in [-0.1, -0.05) is 0 Å². The molecule has 0 aliphatic heterocycles. The maximum Gasteiger partial charge on any atom is 0.411 e. The molecule has 11 heteroatoms. The molecule has 20 heavy (non-hydrogen) atoms. The largest absolute Gasteiger partial charge is 0.411 e. The van der Waals surface area contributed by atoms with Crippen LogP contribution in [0.4, 0.5) is 30.7 Å². The molecule has 4 nitrogen and oxygen atoms in total. The molecule has 0 amide bonds. The second-order valence-electron chi connectivity index (χ2n) is 2.53. The van der Waals surface area contributed by atoms with E-state index in [4.69, 9.17) is 20.4 Å². The summed E-state index contributed by atoms with van der Waals surface area (Å²) in [6, 6.07) is 0. The van der Waals surface area contributed by atoms with Gasteiger partial charge >= 0.3 is 6.18 Å². The molecule has 128 valence electrons. The lowest BCUT2D eigenvalue weighted by atomic mass is 10.5. The second-order valence-corrected chi connectivity index (χ2v) is 2.53. The summed E-state index contributed by atoms with van der Waals surface area (Å²) >= 11 is 0. The summed E-state index contributed by atoms with van der Waals surface area (Å²) < 4.78 is 73.9. The number of halogens is 7. The van der Waals surface area contributed by atoms with Crippen LogP contribution in [0.2, 0.25) is 0 Å². The van der Waals surface area contributed by atoms with Crippen molar-refractivity contribution in [2.45, 2.75) is 19.0 Å². The SMILES string of the molecule is OCC(F)(F)F.OCC(F)F.OCCCF.OCCF. The van der Waals surface area contributed by atoms with E-state index < -0.39 is 39.2 Å². The van der Waals surface area contributed by atoms with Crippen LogP contribution in [0.25, 0.3) is 0 Å². The fourth-order valence-electron chi connectivity index (χ4n) is 0.0598. The highest BCUT2D eigenvalue weighted by Crippen LogP contribution is 2.11. The van der Waals surface area contributed by atoms with E-state index in [0.717, 1.165) is 0 Å². The molecular formula is C9H19F7O4. The van der Waals surface area contributed by atoms with Crippen LogP contribution in [-0.2, 0) is 0 Å². The molecule has 0 radical (unpaired) electrons. The van der Waals surface area contributed by atoms with Gasteiger partial charge in [0.25, 0.3) is 6.43 Å². The standard InChI is InChI=1S/C3H7FO.C2H3F3O.C2H4F2O.C2H5FO/c4-2-1-3-5;3-2(4,5)1-6;3-2(4)1-5;3-1-2-4/h5H,1-3H2;6H,1H2;2,5H,1H2;4H,1-2H2. The van der Waals surface area contributed by atoms with Gasteiger partial charge in [0, 0.05) is 6.61 Å². The van der Waals surface area contributed by atoms with E-state index >= 15 is 0 Å². The fourth-order valence-corrected chi connectivity index (χ4v) is 0.0598. The lowest BCUT2D eigenvalue weighted by molar-refractivity contribution is -0.159. The van der Waals surface area contributed by atoms with E-state index in [2.05, 4.69) is 0 Å². The van der Waals surface area contributed by atoms with Crippen LogP contribution in [0.15, 0.2) is 0 Å². The Hall–Kier alpha value is -0.650. The quantitative estimate of drug-likeness (QED) is 0.583. The summed E-state index contributed by atoms with van der Waals surface area (Å²) in [4.78, 5) is 0. The van der Waals surface area contributed by atoms with E-state index in [1.54, 1.807) is 0 Å². The molecule has 0 saturated carbocycles. The van der Waals surface area contributed by atoms with Crippen LogP contribution in [0.3, 0.4) is 0 Å². The van der Waals surface area contributed by atoms with Gasteiger partial charge in [-0.3, -0.25) is 4.39 Å². The zero-order valence-corrected chi connectivity index (χ0v) is 10.5. The van der Waals surface area contributed by atoms with Gasteiger partial charge in [0.1, 0.15) is 19.9 Å². The average molecular weight is 324 g/mol. The highest BCUT2D eigenvalue weighted by Gasteiger charge is 2.24. The van der Waals surface area contributed by atoms with Gasteiger partial charge in [-0.2, -0.15) is 13.2 Å². The van der Waals surface area contributed by atoms with Crippen LogP contribution >= 0.6 is 0 Å². The third-order valence-corrected chi connectivity index (χ3v) is 0.694. The molecular weight excluding hydrogens is 305 g/mol. The Morgan fingerprint density at radius 3 is 1.10 bits per heavy atom. The maximum atomic E-state index is 10.8. The first kappa shape index (κ1) is 27.7. The molecule has 0 unspecified atom stereocenters. The summed E-state index contributed by atoms with van der Waals surface area (Å²) in [5.74, 6) is 0. The second kappa shape index (κ2) is 23.4. The summed E-state index contributed by atoms with van der Waals surface area (Å²) in [5.41, 5.74) is 0. The number of hydrogen-bond donors (Lipinski definition) is 4. The monoisotopic (exact) mass is 324 g/mol. The van der Waals surface area contributed by atoms with E-state index in [1.807, 2.05) is 0 Å². The number of alkyl halides is 7. The molecule has 0 heterocycles. The zero-order valence-electron chi connectivity index (χ0n) is 10.5. The first-order valence-electron chi connectivity index (χ1n) is 5.06. The number of rotatable bonds is 4. The summed E-state index contributed by atoms with van der Waals surface area (Å²) in [6.45, 7) is -4.17. The van der Waals surface area contributed by atoms with Crippen LogP contribution in [0.5, 0.6) is 0 Å². The van der Waals surface area contributed by atoms with Gasteiger partial charge in [0.05, 0.1) is 13.3 Å². The van der Waals surface area contributed by atoms with Crippen molar-refractivity contribution in [2.24, 2.45) is 0 Å². The Morgan fingerprint density at radius 2 is 1.10 bits per heavy atom. The van der Waals surface area contributed by atoms with Crippen LogP contribution in [0.1, 0.15) is 6.42 Å². The fraction of sp³-hybridized carbons (Fsp3) is 1.00. The topological polar surface area (TPSA) is 80.9 Å². The lowest BCUT2D eigenvalue weighted by Gasteiger charge is -1.95. The predicted molar refractivity (Wildman–Crippen MR) is 57.0 cm³/mol. The zero-order chi connectivity index (χ0) is 17.0. The number of aliphatic hydroxyl groups is 4. The van der Waals surface area contributed by atoms with Crippen LogP contribution in [-0.4, -0.2) is 72.8 Å². The Balaban J connectivity index is -0.0000000862. The van der Waals surface area contributed by atoms with Gasteiger partial charge in [-0.15, -0.1) is 0 Å². The van der Waals surface area contributed by atoms with Crippen molar-refractivity contribution in [1.29, 1.82) is 0 Å². The Morgan fingerprint density at radius 1 is 0.800 bits per heavy atom. The third-order valence-electron chi connectivity index (χ3n) is 0.694. The van der Waals surface area contributed by atoms with Gasteiger partial charge in [0.2, 0.25) is 0 Å². The smallest absolute Gasteiger partial charge is 0.396 e. The van der Waals surface area contributed by atoms with Crippen LogP contribution in [0, 0.1) is 0 Å². The van der Waals surface area contributed by atoms with E-state index in [-0.39, 0.29) is 19.6 Å². The minimum Gasteiger partial charge on any atom is -0.396 e. The van der Waals surface area contributed by atoms with Crippen molar-refractivity contribution in [3.63, 3.8) is 0 Å². The van der Waals surface area contributed by atoms with Crippen molar-refractivity contribution in [3.8, 4) is 0 Å². The Bertz CT molecular complexity index is 143. The van der Waals surface area contributed by atoms with Gasteiger partial charge < -0.3 is 20.4 Å². The molecule has 4 N–H and O–H groups in total. The molecule has 0 aromatic rings. The highest BCUT2D eigenvalue weighted by atomic mass is 19.4. The first-order valence-corrected chi connectivity index (χ1v) is 5.06. The van der Waals surface area contributed by atoms with E-state index in [9.17, 15) is 30.7 Å². The molecule has 0 saturated heterocycles. The Labute approximate surface area is 111 Å². The van der Waals surface area contributed by atoms with Gasteiger partial charge in [0.15, 0.2) is 0 Å². The molecule has 0 aromatic heterocycles. The van der Waals surface area contributed by atoms with E-state index in [0.29, 0.717) is 0 Å². The molecule has 0 fully saturated rings. The number of aliphatic hydroxyl groups excluding tert-OH is 4. The molecule has 0 spiro atoms. The summed E-state index contributed by atoms with van der Waals surface area (Å²) in [5, 5.41) is 30.0. The minimum atomic E-state index is -4.40. The molecule has 0 bridgehead atoms. The third kappa shape index (κ3) is 85.9. The van der Waals surface area contributed by atoms with E-state index in [1.165, 1.54) is 0 Å². The summed E-state index contributed by atoms with van der Waals surface area (Å²) in [6.07, 6.45) is -6.69. The van der Waals surface area contributed by atoms with Crippen molar-refractivity contribution < 1.29 is 51.2 Å².